The molecule has 1 saturated heterocycles. The predicted octanol–water partition coefficient (Wildman–Crippen LogP) is 1.58. The van der Waals surface area contributed by atoms with E-state index in [9.17, 15) is 9.90 Å². The average molecular weight is 478 g/mol. The van der Waals surface area contributed by atoms with Crippen molar-refractivity contribution in [3.05, 3.63) is 42.4 Å². The van der Waals surface area contributed by atoms with Gasteiger partial charge in [0.2, 0.25) is 0 Å². The summed E-state index contributed by atoms with van der Waals surface area (Å²) in [7, 11) is 3.46. The molecular weight excluding hydrogens is 450 g/mol. The van der Waals surface area contributed by atoms with E-state index < -0.39 is 6.10 Å². The fourth-order valence-corrected chi connectivity index (χ4v) is 4.93. The Bertz CT molecular complexity index is 1360. The van der Waals surface area contributed by atoms with E-state index in [2.05, 4.69) is 20.7 Å². The smallest absolute Gasteiger partial charge is 0.257 e. The molecule has 4 aliphatic rings. The average Bonchev–Trinajstić information content (AvgIpc) is 3.59. The van der Waals surface area contributed by atoms with Crippen LogP contribution in [-0.2, 0) is 9.47 Å². The lowest BCUT2D eigenvalue weighted by Gasteiger charge is -2.35. The number of pyridine rings is 1. The molecule has 0 aromatic carbocycles. The van der Waals surface area contributed by atoms with E-state index in [1.165, 1.54) is 0 Å². The van der Waals surface area contributed by atoms with Gasteiger partial charge in [-0.05, 0) is 25.0 Å². The summed E-state index contributed by atoms with van der Waals surface area (Å²) in [5, 5.41) is 20.9. The van der Waals surface area contributed by atoms with Gasteiger partial charge in [0.15, 0.2) is 5.65 Å². The van der Waals surface area contributed by atoms with E-state index in [1.54, 1.807) is 31.1 Å². The van der Waals surface area contributed by atoms with Crippen LogP contribution in [0.2, 0.25) is 0 Å². The van der Waals surface area contributed by atoms with Crippen molar-refractivity contribution < 1.29 is 19.4 Å². The Morgan fingerprint density at radius 2 is 2.14 bits per heavy atom. The molecule has 182 valence electrons. The van der Waals surface area contributed by atoms with Gasteiger partial charge in [-0.1, -0.05) is 0 Å². The number of fused-ring (bicyclic) bond motifs is 2. The zero-order valence-electron chi connectivity index (χ0n) is 19.5. The third kappa shape index (κ3) is 3.54. The quantitative estimate of drug-likeness (QED) is 0.382. The second kappa shape index (κ2) is 8.59. The molecular formula is C24H27N7O4. The molecule has 2 fully saturated rings. The monoisotopic (exact) mass is 477 g/mol. The first-order valence-electron chi connectivity index (χ1n) is 11.7. The van der Waals surface area contributed by atoms with Gasteiger partial charge in [-0.25, -0.2) is 9.97 Å². The van der Waals surface area contributed by atoms with Crippen LogP contribution in [0, 0.1) is 0 Å². The lowest BCUT2D eigenvalue weighted by Crippen LogP contribution is -2.51. The summed E-state index contributed by atoms with van der Waals surface area (Å²) < 4.78 is 14.4. The summed E-state index contributed by atoms with van der Waals surface area (Å²) >= 11 is 0. The van der Waals surface area contributed by atoms with Crippen molar-refractivity contribution in [3.8, 4) is 22.6 Å². The van der Waals surface area contributed by atoms with Crippen molar-refractivity contribution in [1.82, 2.24) is 29.5 Å². The first kappa shape index (κ1) is 22.0. The number of amides is 1. The maximum atomic E-state index is 13.1. The number of aromatic nitrogens is 5. The number of carbonyl (C=O) groups excluding carboxylic acids is 1. The maximum Gasteiger partial charge on any atom is 0.257 e. The second-order valence-corrected chi connectivity index (χ2v) is 9.00. The molecule has 0 radical (unpaired) electrons. The normalized spacial score (nSPS) is 24.1. The van der Waals surface area contributed by atoms with Gasteiger partial charge in [0, 0.05) is 43.7 Å². The zero-order chi connectivity index (χ0) is 24.1. The molecule has 1 aliphatic carbocycles. The Balaban J connectivity index is 1.39. The van der Waals surface area contributed by atoms with Gasteiger partial charge in [-0.3, -0.25) is 4.79 Å². The van der Waals surface area contributed by atoms with Crippen LogP contribution < -0.4 is 10.6 Å². The third-order valence-corrected chi connectivity index (χ3v) is 7.06. The van der Waals surface area contributed by atoms with Crippen LogP contribution in [0.4, 0.5) is 5.82 Å². The van der Waals surface area contributed by atoms with Gasteiger partial charge in [0.05, 0.1) is 43.3 Å². The van der Waals surface area contributed by atoms with E-state index in [0.29, 0.717) is 35.9 Å². The number of rotatable bonds is 6. The first-order valence-corrected chi connectivity index (χ1v) is 11.7. The van der Waals surface area contributed by atoms with Crippen LogP contribution in [0.25, 0.3) is 28.3 Å². The minimum atomic E-state index is -0.586. The minimum Gasteiger partial charge on any atom is -0.388 e. The summed E-state index contributed by atoms with van der Waals surface area (Å²) in [6, 6.07) is 5.58. The molecule has 1 saturated carbocycles. The van der Waals surface area contributed by atoms with Crippen LogP contribution in [0.1, 0.15) is 29.2 Å². The number of carbonyl (C=O) groups is 1. The topological polar surface area (TPSA) is 128 Å². The van der Waals surface area contributed by atoms with Gasteiger partial charge >= 0.3 is 0 Å². The Morgan fingerprint density at radius 3 is 2.86 bits per heavy atom. The highest BCUT2D eigenvalue weighted by Gasteiger charge is 2.33. The predicted molar refractivity (Wildman–Crippen MR) is 128 cm³/mol. The molecule has 0 spiro atoms. The number of hydrogen-bond acceptors (Lipinski definition) is 8. The summed E-state index contributed by atoms with van der Waals surface area (Å²) in [5.41, 5.74) is 3.24. The number of nitrogens with one attached hydrogen (secondary N) is 2. The van der Waals surface area contributed by atoms with Crippen molar-refractivity contribution in [2.45, 2.75) is 37.1 Å². The lowest BCUT2D eigenvalue weighted by molar-refractivity contribution is 0.00732. The van der Waals surface area contributed by atoms with E-state index in [0.717, 1.165) is 29.8 Å². The van der Waals surface area contributed by atoms with Crippen molar-refractivity contribution in [2.75, 3.05) is 32.7 Å². The Morgan fingerprint density at radius 1 is 1.26 bits per heavy atom. The van der Waals surface area contributed by atoms with Crippen LogP contribution in [0.15, 0.2) is 36.8 Å². The van der Waals surface area contributed by atoms with Gasteiger partial charge in [0.25, 0.3) is 5.91 Å². The van der Waals surface area contributed by atoms with Gasteiger partial charge in [-0.15, -0.1) is 0 Å². The number of nitrogens with zero attached hydrogens (tertiary/aromatic N) is 5. The molecule has 11 nitrogen and oxygen atoms in total. The van der Waals surface area contributed by atoms with Gasteiger partial charge in [0.1, 0.15) is 23.3 Å². The van der Waals surface area contributed by atoms with Crippen molar-refractivity contribution >= 4 is 17.4 Å². The van der Waals surface area contributed by atoms with Crippen molar-refractivity contribution in [3.63, 3.8) is 0 Å². The number of anilines is 1. The minimum absolute atomic E-state index is 0.0111. The van der Waals surface area contributed by atoms with Crippen LogP contribution in [-0.4, -0.2) is 80.8 Å². The number of aliphatic hydroxyl groups is 1. The van der Waals surface area contributed by atoms with Crippen molar-refractivity contribution in [1.29, 1.82) is 0 Å². The third-order valence-electron chi connectivity index (χ3n) is 7.06. The SMILES string of the molecule is CNc1cc(-c2cnc3n([C@@H]4COC[C@H]4O)cccc2-3)nc2c(C(=O)N[C@H]3CC[C@@H]3OC)cnn12. The largest absolute Gasteiger partial charge is 0.388 e. The summed E-state index contributed by atoms with van der Waals surface area (Å²) in [5.74, 6) is 1.21. The summed E-state index contributed by atoms with van der Waals surface area (Å²) in [4.78, 5) is 22.6. The van der Waals surface area contributed by atoms with Crippen LogP contribution >= 0.6 is 0 Å². The zero-order valence-corrected chi connectivity index (χ0v) is 19.5. The molecule has 6 rings (SSSR count). The van der Waals surface area contributed by atoms with Gasteiger partial charge in [-0.2, -0.15) is 9.61 Å². The molecule has 4 atom stereocenters. The number of aliphatic hydroxyl groups excluding tert-OH is 1. The Labute approximate surface area is 201 Å². The first-order chi connectivity index (χ1) is 17.1. The molecule has 1 amide bonds. The molecule has 2 aromatic heterocycles. The standard InChI is InChI=1S/C24H27N7O4/c1-25-21-8-17(14-9-26-22-13(14)4-3-7-30(22)18-11-35-12-19(18)32)28-23-15(10-27-31(21)23)24(33)29-16-5-6-20(16)34-2/h3-4,7-10,16,18-20,25,32H,5-6,11-12H2,1-2H3,(H,29,33)/t16-,18+,19+,20-/m0/s1. The van der Waals surface area contributed by atoms with E-state index in [4.69, 9.17) is 14.5 Å². The highest BCUT2D eigenvalue weighted by Crippen LogP contribution is 2.36. The number of ether oxygens (including phenoxy) is 2. The molecule has 3 aliphatic heterocycles. The molecule has 0 bridgehead atoms. The highest BCUT2D eigenvalue weighted by atomic mass is 16.5. The maximum absolute atomic E-state index is 13.1. The van der Waals surface area contributed by atoms with E-state index in [1.807, 2.05) is 29.0 Å². The Hall–Kier alpha value is -3.54. The summed E-state index contributed by atoms with van der Waals surface area (Å²) in [6.45, 7) is 0.740. The molecule has 0 unspecified atom stereocenters. The molecule has 5 heterocycles. The fraction of sp³-hybridized carbons (Fsp3) is 0.417. The van der Waals surface area contributed by atoms with Gasteiger partial charge < -0.3 is 29.8 Å². The molecule has 3 N–H and O–H groups in total. The van der Waals surface area contributed by atoms with Crippen molar-refractivity contribution in [2.24, 2.45) is 0 Å². The molecule has 11 heteroatoms. The fourth-order valence-electron chi connectivity index (χ4n) is 4.93. The molecule has 2 aromatic rings. The highest BCUT2D eigenvalue weighted by molar-refractivity contribution is 6.00. The van der Waals surface area contributed by atoms with Crippen LogP contribution in [0.3, 0.4) is 0 Å². The van der Waals surface area contributed by atoms with E-state index >= 15 is 0 Å². The van der Waals surface area contributed by atoms with E-state index in [-0.39, 0.29) is 24.1 Å². The molecule has 35 heavy (non-hydrogen) atoms. The number of hydrogen-bond donors (Lipinski definition) is 3. The lowest BCUT2D eigenvalue weighted by atomic mass is 9.89. The second-order valence-electron chi connectivity index (χ2n) is 9.00. The number of methoxy groups -OCH3 is 1. The summed E-state index contributed by atoms with van der Waals surface area (Å²) in [6.07, 6.45) is 6.49. The van der Waals surface area contributed by atoms with Crippen LogP contribution in [0.5, 0.6) is 0 Å². The Kier molecular flexibility index (Phi) is 5.39.